The van der Waals surface area contributed by atoms with Gasteiger partial charge in [-0.25, -0.2) is 9.97 Å². The third-order valence-electron chi connectivity index (χ3n) is 15.8. The van der Waals surface area contributed by atoms with Gasteiger partial charge in [0.2, 0.25) is 5.95 Å². The van der Waals surface area contributed by atoms with E-state index in [2.05, 4.69) is 230 Å². The molecule has 71 heavy (non-hydrogen) atoms. The number of anilines is 2. The van der Waals surface area contributed by atoms with Crippen molar-refractivity contribution in [1.29, 1.82) is 0 Å². The predicted octanol–water partition coefficient (Wildman–Crippen LogP) is 16.1. The molecule has 2 aromatic heterocycles. The van der Waals surface area contributed by atoms with Crippen LogP contribution in [0, 0.1) is 0 Å². The second-order valence-corrected chi connectivity index (χ2v) is 20.0. The minimum atomic E-state index is -0.255. The van der Waals surface area contributed by atoms with Crippen LogP contribution in [0.15, 0.2) is 218 Å². The molecule has 3 aliphatic heterocycles. The number of nitrogens with zero attached hydrogens (tertiary/aromatic N) is 4. The lowest BCUT2D eigenvalue weighted by molar-refractivity contribution is 0.198. The maximum absolute atomic E-state index is 6.94. The Morgan fingerprint density at radius 3 is 1.58 bits per heavy atom. The van der Waals surface area contributed by atoms with Gasteiger partial charge in [-0.15, -0.1) is 0 Å². The van der Waals surface area contributed by atoms with Crippen LogP contribution in [0.5, 0.6) is 11.5 Å². The Morgan fingerprint density at radius 2 is 0.930 bits per heavy atom. The fraction of sp³-hybridized carbons (Fsp3) is 0.108. The number of para-hydroxylation sites is 3. The van der Waals surface area contributed by atoms with E-state index in [-0.39, 0.29) is 29.6 Å². The van der Waals surface area contributed by atoms with Gasteiger partial charge in [0.1, 0.15) is 23.6 Å². The van der Waals surface area contributed by atoms with E-state index < -0.39 is 0 Å². The van der Waals surface area contributed by atoms with Crippen molar-refractivity contribution in [2.45, 2.75) is 43.4 Å². The summed E-state index contributed by atoms with van der Waals surface area (Å²) in [4.78, 5) is 13.0. The summed E-state index contributed by atoms with van der Waals surface area (Å²) in [6.45, 7) is 4.75. The zero-order valence-corrected chi connectivity index (χ0v) is 39.2. The van der Waals surface area contributed by atoms with Crippen molar-refractivity contribution >= 4 is 33.4 Å². The fourth-order valence-electron chi connectivity index (χ4n) is 12.5. The summed E-state index contributed by atoms with van der Waals surface area (Å²) in [6.07, 6.45) is -0.254. The summed E-state index contributed by atoms with van der Waals surface area (Å²) in [5, 5.41) is 2.40. The predicted molar refractivity (Wildman–Crippen MR) is 285 cm³/mol. The zero-order valence-electron chi connectivity index (χ0n) is 39.2. The lowest BCUT2D eigenvalue weighted by Gasteiger charge is -2.26. The van der Waals surface area contributed by atoms with E-state index in [1.165, 1.54) is 44.1 Å². The summed E-state index contributed by atoms with van der Waals surface area (Å²) < 4.78 is 16.1. The van der Waals surface area contributed by atoms with Crippen LogP contribution in [0.3, 0.4) is 0 Å². The molecule has 0 amide bonds. The summed E-state index contributed by atoms with van der Waals surface area (Å²) in [5.41, 5.74) is 19.2. The molecule has 6 nitrogen and oxygen atoms in total. The van der Waals surface area contributed by atoms with Crippen molar-refractivity contribution in [3.63, 3.8) is 0 Å². The first kappa shape index (κ1) is 40.2. The van der Waals surface area contributed by atoms with E-state index in [4.69, 9.17) is 19.4 Å². The van der Waals surface area contributed by atoms with Gasteiger partial charge < -0.3 is 14.0 Å². The van der Waals surface area contributed by atoms with E-state index >= 15 is 0 Å². The van der Waals surface area contributed by atoms with Crippen LogP contribution in [0.4, 0.5) is 11.6 Å². The highest BCUT2D eigenvalue weighted by Gasteiger charge is 2.53. The first-order chi connectivity index (χ1) is 34.9. The van der Waals surface area contributed by atoms with Crippen LogP contribution in [-0.4, -0.2) is 14.5 Å². The molecule has 4 aliphatic rings. The maximum atomic E-state index is 6.94. The number of hydrogen-bond donors (Lipinski definition) is 0. The minimum absolute atomic E-state index is 0.000790. The fourth-order valence-corrected chi connectivity index (χ4v) is 12.5. The smallest absolute Gasteiger partial charge is 0.231 e. The first-order valence-corrected chi connectivity index (χ1v) is 24.7. The second-order valence-electron chi connectivity index (χ2n) is 20.0. The molecule has 11 aromatic rings. The number of rotatable bonds is 6. The number of fused-ring (bicyclic) bond motifs is 13. The molecule has 0 N–H and O–H groups in total. The third kappa shape index (κ3) is 6.01. The molecule has 4 unspecified atom stereocenters. The molecular formula is C65H46N4O2. The topological polar surface area (TPSA) is 52.4 Å². The Balaban J connectivity index is 0.868. The molecule has 0 saturated carbocycles. The standard InChI is InChI=1S/C65H46N4O2/c1-65(2)52-30-26-41(36-50(52)62-60(65)46-22-12-14-24-58(46)70-62)42-27-31-55-48(34-42)49-35-43(28-32-56(49)68(55)45-20-10-5-11-21-45)44-29-33-57-51(37-44)63-61(47-23-13-15-25-59(47)71-63)69(57)64-66-53(39-16-6-3-7-17-39)38-54(67-64)40-18-8-4-9-19-40/h3-38,60-63H,1-2H3. The largest absolute Gasteiger partial charge is 0.485 e. The molecule has 4 atom stereocenters. The molecule has 6 heteroatoms. The SMILES string of the molecule is CC1(C)c2ccc(-c3ccc4c(c3)c3cc(-c5ccc6c(c5)C5Oc7ccccc7C5N6c5nc(-c6ccccc6)cc(-c6ccccc6)n5)ccc3n4-c3ccccc3)cc2C2Oc3ccccc3C21. The highest BCUT2D eigenvalue weighted by atomic mass is 16.5. The molecule has 9 aromatic carbocycles. The lowest BCUT2D eigenvalue weighted by atomic mass is 9.75. The van der Waals surface area contributed by atoms with Gasteiger partial charge in [-0.05, 0) is 106 Å². The molecule has 0 saturated heterocycles. The molecular weight excluding hydrogens is 869 g/mol. The van der Waals surface area contributed by atoms with Gasteiger partial charge in [0.15, 0.2) is 6.10 Å². The van der Waals surface area contributed by atoms with Crippen LogP contribution in [0.25, 0.3) is 72.3 Å². The van der Waals surface area contributed by atoms with Crippen molar-refractivity contribution < 1.29 is 9.47 Å². The molecule has 5 heterocycles. The van der Waals surface area contributed by atoms with Crippen molar-refractivity contribution in [2.75, 3.05) is 4.90 Å². The maximum Gasteiger partial charge on any atom is 0.231 e. The second kappa shape index (κ2) is 15.1. The summed E-state index contributed by atoms with van der Waals surface area (Å²) >= 11 is 0. The quantitative estimate of drug-likeness (QED) is 0.166. The van der Waals surface area contributed by atoms with Crippen LogP contribution in [0.1, 0.15) is 65.8 Å². The molecule has 0 spiro atoms. The van der Waals surface area contributed by atoms with Gasteiger partial charge in [0, 0.05) is 55.6 Å². The van der Waals surface area contributed by atoms with E-state index in [9.17, 15) is 0 Å². The summed E-state index contributed by atoms with van der Waals surface area (Å²) in [5.74, 6) is 2.83. The van der Waals surface area contributed by atoms with E-state index in [1.54, 1.807) is 0 Å². The van der Waals surface area contributed by atoms with Crippen LogP contribution in [0.2, 0.25) is 0 Å². The Hall–Kier alpha value is -8.74. The number of ether oxygens (including phenoxy) is 2. The number of benzene rings is 9. The van der Waals surface area contributed by atoms with Gasteiger partial charge in [-0.2, -0.15) is 0 Å². The molecule has 15 rings (SSSR count). The third-order valence-corrected chi connectivity index (χ3v) is 15.8. The Bertz CT molecular complexity index is 3900. The highest BCUT2D eigenvalue weighted by molar-refractivity contribution is 6.11. The Morgan fingerprint density at radius 1 is 0.423 bits per heavy atom. The van der Waals surface area contributed by atoms with E-state index in [1.807, 2.05) is 12.1 Å². The van der Waals surface area contributed by atoms with Crippen molar-refractivity contribution in [3.05, 3.63) is 246 Å². The van der Waals surface area contributed by atoms with Crippen molar-refractivity contribution in [3.8, 4) is 62.0 Å². The van der Waals surface area contributed by atoms with E-state index in [0.29, 0.717) is 5.95 Å². The highest BCUT2D eigenvalue weighted by Crippen LogP contribution is 2.62. The van der Waals surface area contributed by atoms with Crippen LogP contribution >= 0.6 is 0 Å². The molecule has 0 radical (unpaired) electrons. The van der Waals surface area contributed by atoms with Gasteiger partial charge in [0.25, 0.3) is 0 Å². The summed E-state index contributed by atoms with van der Waals surface area (Å²) in [6, 6.07) is 78.3. The van der Waals surface area contributed by atoms with Crippen molar-refractivity contribution in [1.82, 2.24) is 14.5 Å². The van der Waals surface area contributed by atoms with E-state index in [0.717, 1.165) is 73.2 Å². The van der Waals surface area contributed by atoms with Crippen molar-refractivity contribution in [2.24, 2.45) is 0 Å². The average molecular weight is 915 g/mol. The normalized spacial score (nSPS) is 18.6. The Labute approximate surface area is 412 Å². The minimum Gasteiger partial charge on any atom is -0.485 e. The molecule has 1 aliphatic carbocycles. The molecule has 0 bridgehead atoms. The number of hydrogen-bond acceptors (Lipinski definition) is 5. The average Bonchev–Trinajstić information content (AvgIpc) is 4.22. The van der Waals surface area contributed by atoms with Crippen LogP contribution < -0.4 is 14.4 Å². The van der Waals surface area contributed by atoms with Gasteiger partial charge in [-0.1, -0.05) is 159 Å². The van der Waals surface area contributed by atoms with Gasteiger partial charge >= 0.3 is 0 Å². The lowest BCUT2D eigenvalue weighted by Crippen LogP contribution is -2.22. The van der Waals surface area contributed by atoms with Gasteiger partial charge in [-0.3, -0.25) is 4.90 Å². The molecule has 338 valence electrons. The monoisotopic (exact) mass is 914 g/mol. The van der Waals surface area contributed by atoms with Crippen LogP contribution in [-0.2, 0) is 5.41 Å². The molecule has 0 fully saturated rings. The summed E-state index contributed by atoms with van der Waals surface area (Å²) in [7, 11) is 0. The first-order valence-electron chi connectivity index (χ1n) is 24.7. The zero-order chi connectivity index (χ0) is 47.0. The Kier molecular flexibility index (Phi) is 8.56. The van der Waals surface area contributed by atoms with Gasteiger partial charge in [0.05, 0.1) is 28.1 Å². The number of aromatic nitrogens is 3.